The molecule has 1 aliphatic rings. The number of thiazole rings is 1. The summed E-state index contributed by atoms with van der Waals surface area (Å²) in [6.45, 7) is 2.02. The Bertz CT molecular complexity index is 1260. The molecule has 1 aliphatic heterocycles. The molecule has 3 aromatic rings. The molecule has 4 rings (SSSR count). The summed E-state index contributed by atoms with van der Waals surface area (Å²) in [6.07, 6.45) is 0.566. The minimum Gasteiger partial charge on any atom is -0.294 e. The molecule has 0 bridgehead atoms. The van der Waals surface area contributed by atoms with Crippen molar-refractivity contribution in [3.05, 3.63) is 60.0 Å². The second kappa shape index (κ2) is 8.55. The minimum atomic E-state index is -4.80. The molecule has 2 heterocycles. The second-order valence-electron chi connectivity index (χ2n) is 7.14. The Balaban J connectivity index is 1.60. The highest BCUT2D eigenvalue weighted by Gasteiger charge is 2.35. The lowest BCUT2D eigenvalue weighted by molar-refractivity contribution is 0.235. The van der Waals surface area contributed by atoms with Crippen LogP contribution < -0.4 is 9.80 Å². The Labute approximate surface area is 186 Å². The van der Waals surface area contributed by atoms with E-state index < -0.39 is 25.8 Å². The van der Waals surface area contributed by atoms with Gasteiger partial charge in [0.25, 0.3) is 9.84 Å². The normalized spacial score (nSPS) is 15.0. The zero-order valence-corrected chi connectivity index (χ0v) is 18.5. The number of hydrogen-bond donors (Lipinski definition) is 0. The number of amides is 2. The van der Waals surface area contributed by atoms with E-state index in [0.29, 0.717) is 41.1 Å². The largest absolute Gasteiger partial charge is 0.342 e. The number of rotatable bonds is 5. The Hall–Kier alpha value is -2.92. The number of urea groups is 1. The van der Waals surface area contributed by atoms with Crippen molar-refractivity contribution < 1.29 is 26.4 Å². The third-order valence-electron chi connectivity index (χ3n) is 5.06. The maximum Gasteiger partial charge on any atom is 0.342 e. The Morgan fingerprint density at radius 1 is 1.03 bits per heavy atom. The highest BCUT2D eigenvalue weighted by atomic mass is 32.2. The average Bonchev–Trinajstić information content (AvgIpc) is 3.16. The molecule has 1 fully saturated rings. The van der Waals surface area contributed by atoms with Crippen LogP contribution in [0.25, 0.3) is 11.1 Å². The van der Waals surface area contributed by atoms with E-state index in [1.54, 1.807) is 42.5 Å². The molecule has 0 unspecified atom stereocenters. The number of carbonyl (C=O) groups is 1. The van der Waals surface area contributed by atoms with E-state index in [1.165, 1.54) is 22.8 Å². The quantitative estimate of drug-likeness (QED) is 0.509. The van der Waals surface area contributed by atoms with Crippen LogP contribution in [-0.2, 0) is 9.84 Å². The van der Waals surface area contributed by atoms with E-state index in [-0.39, 0.29) is 23.2 Å². The van der Waals surface area contributed by atoms with Crippen molar-refractivity contribution in [2.45, 2.75) is 23.3 Å². The molecule has 0 N–H and O–H groups in total. The predicted molar refractivity (Wildman–Crippen MR) is 117 cm³/mol. The highest BCUT2D eigenvalue weighted by molar-refractivity contribution is 7.93. The number of hydrogen-bond acceptors (Lipinski definition) is 5. The summed E-state index contributed by atoms with van der Waals surface area (Å²) in [7, 11) is -4.80. The number of sulfone groups is 1. The van der Waals surface area contributed by atoms with Crippen LogP contribution >= 0.6 is 11.3 Å². The molecule has 1 aromatic heterocycles. The van der Waals surface area contributed by atoms with Gasteiger partial charge in [-0.15, -0.1) is 0 Å². The van der Waals surface area contributed by atoms with Crippen molar-refractivity contribution in [2.24, 2.45) is 0 Å². The van der Waals surface area contributed by atoms with E-state index >= 15 is 0 Å². The Morgan fingerprint density at radius 2 is 1.69 bits per heavy atom. The number of halogens is 3. The molecule has 168 valence electrons. The standard InChI is InChI=1S/C21H18F3N3O3S2/c1-13-18(32(29,30)19(23)24)31-20(25-13)27-12-4-11-26(21(27)28)15-9-7-14(8-10-15)16-5-2-3-6-17(16)22/h2-3,5-10,19H,4,11-12H2,1H3. The zero-order valence-electron chi connectivity index (χ0n) is 16.8. The van der Waals surface area contributed by atoms with Gasteiger partial charge in [-0.2, -0.15) is 8.78 Å². The number of alkyl halides is 2. The number of anilines is 2. The molecule has 0 atom stereocenters. The molecule has 0 aliphatic carbocycles. The number of carbonyl (C=O) groups excluding carboxylic acids is 1. The van der Waals surface area contributed by atoms with E-state index in [2.05, 4.69) is 4.98 Å². The van der Waals surface area contributed by atoms with Gasteiger partial charge in [0.2, 0.25) is 0 Å². The molecule has 0 saturated carbocycles. The molecule has 0 radical (unpaired) electrons. The van der Waals surface area contributed by atoms with Crippen molar-refractivity contribution >= 4 is 38.0 Å². The van der Waals surface area contributed by atoms with Gasteiger partial charge in [0.15, 0.2) is 5.13 Å². The van der Waals surface area contributed by atoms with Gasteiger partial charge in [-0.1, -0.05) is 41.7 Å². The summed E-state index contributed by atoms with van der Waals surface area (Å²) in [4.78, 5) is 19.9. The Morgan fingerprint density at radius 3 is 2.34 bits per heavy atom. The summed E-state index contributed by atoms with van der Waals surface area (Å²) < 4.78 is 63.1. The molecule has 2 amide bonds. The average molecular weight is 482 g/mol. The minimum absolute atomic E-state index is 0.0550. The van der Waals surface area contributed by atoms with E-state index in [9.17, 15) is 26.4 Å². The van der Waals surface area contributed by atoms with Gasteiger partial charge in [-0.05, 0) is 37.1 Å². The number of aromatic nitrogens is 1. The fourth-order valence-corrected chi connectivity index (χ4v) is 5.83. The highest BCUT2D eigenvalue weighted by Crippen LogP contribution is 2.35. The van der Waals surface area contributed by atoms with Crippen molar-refractivity contribution in [3.63, 3.8) is 0 Å². The molecule has 0 spiro atoms. The van der Waals surface area contributed by atoms with E-state index in [4.69, 9.17) is 0 Å². The number of aryl methyl sites for hydroxylation is 1. The third kappa shape index (κ3) is 3.97. The van der Waals surface area contributed by atoms with Crippen LogP contribution in [0.4, 0.5) is 28.8 Å². The summed E-state index contributed by atoms with van der Waals surface area (Å²) in [5, 5.41) is 0.0550. The van der Waals surface area contributed by atoms with E-state index in [0.717, 1.165) is 0 Å². The van der Waals surface area contributed by atoms with Gasteiger partial charge in [-0.3, -0.25) is 9.80 Å². The lowest BCUT2D eigenvalue weighted by Crippen LogP contribution is -2.49. The van der Waals surface area contributed by atoms with Crippen LogP contribution in [0.1, 0.15) is 12.1 Å². The molecule has 1 saturated heterocycles. The first kappa shape index (κ1) is 22.3. The molecular weight excluding hydrogens is 463 g/mol. The first-order valence-corrected chi connectivity index (χ1v) is 12.0. The molecule has 32 heavy (non-hydrogen) atoms. The second-order valence-corrected chi connectivity index (χ2v) is 10.2. The molecule has 2 aromatic carbocycles. The van der Waals surface area contributed by atoms with Crippen LogP contribution in [0.5, 0.6) is 0 Å². The third-order valence-corrected chi connectivity index (χ3v) is 8.26. The monoisotopic (exact) mass is 481 g/mol. The van der Waals surface area contributed by atoms with Gasteiger partial charge in [-0.25, -0.2) is 22.6 Å². The smallest absolute Gasteiger partial charge is 0.294 e. The van der Waals surface area contributed by atoms with Gasteiger partial charge >= 0.3 is 11.8 Å². The first-order valence-electron chi connectivity index (χ1n) is 9.63. The van der Waals surface area contributed by atoms with Gasteiger partial charge < -0.3 is 0 Å². The predicted octanol–water partition coefficient (Wildman–Crippen LogP) is 5.09. The summed E-state index contributed by atoms with van der Waals surface area (Å²) in [5.41, 5.74) is 1.61. The number of benzene rings is 2. The lowest BCUT2D eigenvalue weighted by atomic mass is 10.0. The Kier molecular flexibility index (Phi) is 5.95. The fourth-order valence-electron chi connectivity index (χ4n) is 3.49. The summed E-state index contributed by atoms with van der Waals surface area (Å²) in [6, 6.07) is 12.7. The molecule has 6 nitrogen and oxygen atoms in total. The van der Waals surface area contributed by atoms with Crippen LogP contribution in [-0.4, -0.2) is 38.3 Å². The van der Waals surface area contributed by atoms with Crippen molar-refractivity contribution in [3.8, 4) is 11.1 Å². The van der Waals surface area contributed by atoms with Crippen molar-refractivity contribution in [1.29, 1.82) is 0 Å². The van der Waals surface area contributed by atoms with Crippen LogP contribution in [0, 0.1) is 12.7 Å². The first-order chi connectivity index (χ1) is 15.2. The van der Waals surface area contributed by atoms with E-state index in [1.807, 2.05) is 0 Å². The molecule has 11 heteroatoms. The van der Waals surface area contributed by atoms with Gasteiger partial charge in [0.05, 0.1) is 5.69 Å². The van der Waals surface area contributed by atoms with Crippen molar-refractivity contribution in [2.75, 3.05) is 22.9 Å². The van der Waals surface area contributed by atoms with Crippen LogP contribution in [0.2, 0.25) is 0 Å². The molecular formula is C21H18F3N3O3S2. The zero-order chi connectivity index (χ0) is 23.0. The topological polar surface area (TPSA) is 70.6 Å². The number of nitrogens with zero attached hydrogens (tertiary/aromatic N) is 3. The summed E-state index contributed by atoms with van der Waals surface area (Å²) >= 11 is 0.561. The fraction of sp³-hybridized carbons (Fsp3) is 0.238. The van der Waals surface area contributed by atoms with Crippen LogP contribution in [0.15, 0.2) is 52.7 Å². The summed E-state index contributed by atoms with van der Waals surface area (Å²) in [5.74, 6) is -3.91. The van der Waals surface area contributed by atoms with Crippen LogP contribution in [0.3, 0.4) is 0 Å². The SMILES string of the molecule is Cc1nc(N2CCCN(c3ccc(-c4ccccc4F)cc3)C2=O)sc1S(=O)(=O)C(F)F. The maximum absolute atomic E-state index is 14.0. The maximum atomic E-state index is 14.0. The van der Waals surface area contributed by atoms with Gasteiger partial charge in [0.1, 0.15) is 10.0 Å². The lowest BCUT2D eigenvalue weighted by Gasteiger charge is -2.34. The van der Waals surface area contributed by atoms with Crippen molar-refractivity contribution in [1.82, 2.24) is 4.98 Å². The van der Waals surface area contributed by atoms with Gasteiger partial charge in [0, 0.05) is 24.3 Å².